The molecule has 2 aromatic rings. The van der Waals surface area contributed by atoms with Gasteiger partial charge in [0.15, 0.2) is 6.10 Å². The number of hydrogen-bond acceptors (Lipinski definition) is 3. The number of amides is 1. The van der Waals surface area contributed by atoms with Crippen molar-refractivity contribution >= 4 is 11.6 Å². The molecular formula is C15H16N2O2. The summed E-state index contributed by atoms with van der Waals surface area (Å²) in [6.45, 7) is 0.364. The number of aliphatic hydroxyl groups excluding tert-OH is 1. The first-order chi connectivity index (χ1) is 9.16. The van der Waals surface area contributed by atoms with Gasteiger partial charge in [-0.25, -0.2) is 0 Å². The normalized spacial score (nSPS) is 11.8. The summed E-state index contributed by atoms with van der Waals surface area (Å²) in [4.78, 5) is 11.8. The Balaban J connectivity index is 1.93. The molecule has 0 aliphatic rings. The molecular weight excluding hydrogens is 240 g/mol. The minimum Gasteiger partial charge on any atom is -0.399 e. The number of carbonyl (C=O) groups is 1. The molecule has 2 rings (SSSR count). The monoisotopic (exact) mass is 256 g/mol. The summed E-state index contributed by atoms with van der Waals surface area (Å²) in [5.41, 5.74) is 7.77. The van der Waals surface area contributed by atoms with Crippen LogP contribution in [0.2, 0.25) is 0 Å². The van der Waals surface area contributed by atoms with Gasteiger partial charge in [0, 0.05) is 12.2 Å². The molecule has 0 fully saturated rings. The molecule has 4 nitrogen and oxygen atoms in total. The zero-order chi connectivity index (χ0) is 13.7. The van der Waals surface area contributed by atoms with Crippen LogP contribution in [0.15, 0.2) is 54.6 Å². The predicted molar refractivity (Wildman–Crippen MR) is 74.1 cm³/mol. The van der Waals surface area contributed by atoms with Gasteiger partial charge in [0.05, 0.1) is 0 Å². The fourth-order valence-corrected chi connectivity index (χ4v) is 1.71. The maximum absolute atomic E-state index is 11.8. The highest BCUT2D eigenvalue weighted by Crippen LogP contribution is 2.12. The molecule has 0 aromatic heterocycles. The predicted octanol–water partition coefficient (Wildman–Crippen LogP) is 1.62. The molecule has 0 saturated heterocycles. The van der Waals surface area contributed by atoms with Crippen LogP contribution >= 0.6 is 0 Å². The lowest BCUT2D eigenvalue weighted by atomic mass is 10.1. The van der Waals surface area contributed by atoms with Crippen molar-refractivity contribution in [2.45, 2.75) is 12.6 Å². The highest BCUT2D eigenvalue weighted by molar-refractivity contribution is 5.81. The van der Waals surface area contributed by atoms with Crippen LogP contribution in [0.1, 0.15) is 17.2 Å². The summed E-state index contributed by atoms with van der Waals surface area (Å²) >= 11 is 0. The third kappa shape index (κ3) is 3.56. The maximum Gasteiger partial charge on any atom is 0.253 e. The Morgan fingerprint density at radius 2 is 1.74 bits per heavy atom. The first-order valence-corrected chi connectivity index (χ1v) is 6.02. The third-order valence-corrected chi connectivity index (χ3v) is 2.81. The second-order valence-corrected chi connectivity index (χ2v) is 4.27. The van der Waals surface area contributed by atoms with Crippen LogP contribution in [-0.2, 0) is 11.3 Å². The van der Waals surface area contributed by atoms with Crippen LogP contribution in [0, 0.1) is 0 Å². The number of rotatable bonds is 4. The Kier molecular flexibility index (Phi) is 4.15. The van der Waals surface area contributed by atoms with E-state index >= 15 is 0 Å². The number of nitrogen functional groups attached to an aromatic ring is 1. The van der Waals surface area contributed by atoms with Crippen LogP contribution in [-0.4, -0.2) is 11.0 Å². The molecule has 1 amide bonds. The SMILES string of the molecule is Nc1ccc(CNC(=O)C(O)c2ccccc2)cc1. The Hall–Kier alpha value is -2.33. The molecule has 0 radical (unpaired) electrons. The van der Waals surface area contributed by atoms with Gasteiger partial charge in [-0.15, -0.1) is 0 Å². The van der Waals surface area contributed by atoms with Crippen molar-refractivity contribution < 1.29 is 9.90 Å². The van der Waals surface area contributed by atoms with E-state index in [-0.39, 0.29) is 0 Å². The van der Waals surface area contributed by atoms with E-state index in [0.29, 0.717) is 17.8 Å². The highest BCUT2D eigenvalue weighted by atomic mass is 16.3. The van der Waals surface area contributed by atoms with Gasteiger partial charge in [0.25, 0.3) is 5.91 Å². The Bertz CT molecular complexity index is 538. The van der Waals surface area contributed by atoms with Crippen molar-refractivity contribution in [3.63, 3.8) is 0 Å². The molecule has 0 aliphatic heterocycles. The topological polar surface area (TPSA) is 75.3 Å². The summed E-state index contributed by atoms with van der Waals surface area (Å²) in [6.07, 6.45) is -1.14. The molecule has 4 heteroatoms. The van der Waals surface area contributed by atoms with Crippen molar-refractivity contribution in [2.24, 2.45) is 0 Å². The number of carbonyl (C=O) groups excluding carboxylic acids is 1. The van der Waals surface area contributed by atoms with Gasteiger partial charge in [-0.3, -0.25) is 4.79 Å². The van der Waals surface area contributed by atoms with Crippen molar-refractivity contribution in [1.29, 1.82) is 0 Å². The molecule has 1 atom stereocenters. The molecule has 0 spiro atoms. The van der Waals surface area contributed by atoms with Gasteiger partial charge in [-0.1, -0.05) is 42.5 Å². The van der Waals surface area contributed by atoms with Gasteiger partial charge < -0.3 is 16.2 Å². The number of anilines is 1. The molecule has 1 unspecified atom stereocenters. The average Bonchev–Trinajstić information content (AvgIpc) is 2.46. The first-order valence-electron chi connectivity index (χ1n) is 6.02. The van der Waals surface area contributed by atoms with Gasteiger partial charge in [0.2, 0.25) is 0 Å². The highest BCUT2D eigenvalue weighted by Gasteiger charge is 2.16. The number of nitrogens with one attached hydrogen (secondary N) is 1. The van der Waals surface area contributed by atoms with E-state index in [9.17, 15) is 9.90 Å². The summed E-state index contributed by atoms with van der Waals surface area (Å²) in [6, 6.07) is 16.1. The molecule has 0 heterocycles. The average molecular weight is 256 g/mol. The standard InChI is InChI=1S/C15H16N2O2/c16-13-8-6-11(7-9-13)10-17-15(19)14(18)12-4-2-1-3-5-12/h1-9,14,18H,10,16H2,(H,17,19). The van der Waals surface area contributed by atoms with E-state index in [1.165, 1.54) is 0 Å². The summed E-state index contributed by atoms with van der Waals surface area (Å²) < 4.78 is 0. The fraction of sp³-hybridized carbons (Fsp3) is 0.133. The van der Waals surface area contributed by atoms with Crippen LogP contribution < -0.4 is 11.1 Å². The van der Waals surface area contributed by atoms with Crippen molar-refractivity contribution in [3.8, 4) is 0 Å². The van der Waals surface area contributed by atoms with Crippen LogP contribution in [0.4, 0.5) is 5.69 Å². The minimum atomic E-state index is -1.14. The Morgan fingerprint density at radius 3 is 2.37 bits per heavy atom. The number of hydrogen-bond donors (Lipinski definition) is 3. The van der Waals surface area contributed by atoms with Crippen LogP contribution in [0.25, 0.3) is 0 Å². The molecule has 0 bridgehead atoms. The smallest absolute Gasteiger partial charge is 0.253 e. The Morgan fingerprint density at radius 1 is 1.11 bits per heavy atom. The molecule has 2 aromatic carbocycles. The lowest BCUT2D eigenvalue weighted by molar-refractivity contribution is -0.129. The van der Waals surface area contributed by atoms with Crippen molar-refractivity contribution in [1.82, 2.24) is 5.32 Å². The van der Waals surface area contributed by atoms with Gasteiger partial charge in [-0.05, 0) is 23.3 Å². The van der Waals surface area contributed by atoms with Crippen molar-refractivity contribution in [2.75, 3.05) is 5.73 Å². The number of benzene rings is 2. The van der Waals surface area contributed by atoms with Gasteiger partial charge >= 0.3 is 0 Å². The van der Waals surface area contributed by atoms with Gasteiger partial charge in [0.1, 0.15) is 0 Å². The lowest BCUT2D eigenvalue weighted by Crippen LogP contribution is -2.28. The second kappa shape index (κ2) is 6.02. The molecule has 4 N–H and O–H groups in total. The van der Waals surface area contributed by atoms with E-state index in [0.717, 1.165) is 5.56 Å². The molecule has 19 heavy (non-hydrogen) atoms. The summed E-state index contributed by atoms with van der Waals surface area (Å²) in [5, 5.41) is 12.6. The second-order valence-electron chi connectivity index (χ2n) is 4.27. The maximum atomic E-state index is 11.8. The van der Waals surface area contributed by atoms with E-state index < -0.39 is 12.0 Å². The van der Waals surface area contributed by atoms with E-state index in [1.807, 2.05) is 18.2 Å². The molecule has 98 valence electrons. The molecule has 0 saturated carbocycles. The zero-order valence-corrected chi connectivity index (χ0v) is 10.4. The van der Waals surface area contributed by atoms with Crippen LogP contribution in [0.3, 0.4) is 0 Å². The quantitative estimate of drug-likeness (QED) is 0.728. The zero-order valence-electron chi connectivity index (χ0n) is 10.4. The number of nitrogens with two attached hydrogens (primary N) is 1. The van der Waals surface area contributed by atoms with Crippen molar-refractivity contribution in [3.05, 3.63) is 65.7 Å². The van der Waals surface area contributed by atoms with E-state index in [4.69, 9.17) is 5.73 Å². The van der Waals surface area contributed by atoms with E-state index in [2.05, 4.69) is 5.32 Å². The third-order valence-electron chi connectivity index (χ3n) is 2.81. The molecule has 0 aliphatic carbocycles. The minimum absolute atomic E-state index is 0.364. The largest absolute Gasteiger partial charge is 0.399 e. The fourth-order valence-electron chi connectivity index (χ4n) is 1.71. The number of aliphatic hydroxyl groups is 1. The van der Waals surface area contributed by atoms with Crippen LogP contribution in [0.5, 0.6) is 0 Å². The Labute approximate surface area is 111 Å². The summed E-state index contributed by atoms with van der Waals surface area (Å²) in [5.74, 6) is -0.414. The first kappa shape index (κ1) is 13.1. The summed E-state index contributed by atoms with van der Waals surface area (Å²) in [7, 11) is 0. The lowest BCUT2D eigenvalue weighted by Gasteiger charge is -2.11. The van der Waals surface area contributed by atoms with Gasteiger partial charge in [-0.2, -0.15) is 0 Å². The van der Waals surface area contributed by atoms with E-state index in [1.54, 1.807) is 36.4 Å².